The van der Waals surface area contributed by atoms with E-state index < -0.39 is 10.0 Å². The van der Waals surface area contributed by atoms with Crippen molar-refractivity contribution in [1.82, 2.24) is 9.62 Å². The number of rotatable bonds is 8. The Labute approximate surface area is 150 Å². The van der Waals surface area contributed by atoms with Crippen molar-refractivity contribution in [2.75, 3.05) is 32.1 Å². The maximum Gasteiger partial charge on any atom is 0.244 e. The molecule has 7 nitrogen and oxygen atoms in total. The number of anilines is 1. The average molecular weight is 366 g/mol. The van der Waals surface area contributed by atoms with Crippen LogP contribution in [0.25, 0.3) is 0 Å². The highest BCUT2D eigenvalue weighted by molar-refractivity contribution is 7.89. The van der Waals surface area contributed by atoms with E-state index in [2.05, 4.69) is 23.9 Å². The quantitative estimate of drug-likeness (QED) is 0.683. The Hall–Kier alpha value is -1.98. The van der Waals surface area contributed by atoms with Crippen LogP contribution in [0.5, 0.6) is 5.75 Å². The fraction of sp³-hybridized carbons (Fsp3) is 0.588. The molecule has 2 unspecified atom stereocenters. The molecule has 0 spiro atoms. The van der Waals surface area contributed by atoms with Gasteiger partial charge in [-0.25, -0.2) is 13.1 Å². The SMILES string of the molecule is CCC(C)CNc1ccc(OC)c(S(=O)(=O)NC2CCN(C#N)C2)c1. The minimum atomic E-state index is -3.74. The van der Waals surface area contributed by atoms with Gasteiger partial charge >= 0.3 is 0 Å². The van der Waals surface area contributed by atoms with Gasteiger partial charge in [0.15, 0.2) is 6.19 Å². The van der Waals surface area contributed by atoms with Crippen LogP contribution < -0.4 is 14.8 Å². The first-order chi connectivity index (χ1) is 11.9. The molecule has 1 fully saturated rings. The van der Waals surface area contributed by atoms with E-state index in [0.29, 0.717) is 31.2 Å². The third kappa shape index (κ3) is 5.00. The molecule has 0 bridgehead atoms. The monoisotopic (exact) mass is 366 g/mol. The zero-order valence-electron chi connectivity index (χ0n) is 14.9. The topological polar surface area (TPSA) is 94.5 Å². The zero-order chi connectivity index (χ0) is 18.4. The summed E-state index contributed by atoms with van der Waals surface area (Å²) in [4.78, 5) is 1.66. The van der Waals surface area contributed by atoms with Crippen LogP contribution >= 0.6 is 0 Å². The first-order valence-electron chi connectivity index (χ1n) is 8.48. The summed E-state index contributed by atoms with van der Waals surface area (Å²) < 4.78 is 33.5. The van der Waals surface area contributed by atoms with Crippen molar-refractivity contribution < 1.29 is 13.2 Å². The summed E-state index contributed by atoms with van der Waals surface area (Å²) in [7, 11) is -2.28. The number of likely N-dealkylation sites (tertiary alicyclic amines) is 1. The normalized spacial score (nSPS) is 18.6. The standard InChI is InChI=1S/C17H26N4O3S/c1-4-13(2)10-19-14-5-6-16(24-3)17(9-14)25(22,23)20-15-7-8-21(11-15)12-18/h5-6,9,13,15,19-20H,4,7-8,10-11H2,1-3H3. The number of methoxy groups -OCH3 is 1. The smallest absolute Gasteiger partial charge is 0.244 e. The molecule has 1 heterocycles. The second-order valence-electron chi connectivity index (χ2n) is 6.41. The molecule has 1 aliphatic heterocycles. The number of sulfonamides is 1. The molecule has 0 aliphatic carbocycles. The fourth-order valence-corrected chi connectivity index (χ4v) is 4.12. The van der Waals surface area contributed by atoms with E-state index >= 15 is 0 Å². The predicted molar refractivity (Wildman–Crippen MR) is 96.9 cm³/mol. The van der Waals surface area contributed by atoms with Crippen molar-refractivity contribution >= 4 is 15.7 Å². The zero-order valence-corrected chi connectivity index (χ0v) is 15.8. The average Bonchev–Trinajstić information content (AvgIpc) is 3.06. The summed E-state index contributed by atoms with van der Waals surface area (Å²) in [6.07, 6.45) is 3.71. The molecule has 1 aliphatic rings. The lowest BCUT2D eigenvalue weighted by Crippen LogP contribution is -2.36. The van der Waals surface area contributed by atoms with E-state index in [4.69, 9.17) is 10.00 Å². The van der Waals surface area contributed by atoms with Gasteiger partial charge in [-0.1, -0.05) is 20.3 Å². The van der Waals surface area contributed by atoms with Crippen molar-refractivity contribution in [2.24, 2.45) is 5.92 Å². The molecule has 25 heavy (non-hydrogen) atoms. The maximum atomic E-state index is 12.8. The Morgan fingerprint density at radius 3 is 2.84 bits per heavy atom. The highest BCUT2D eigenvalue weighted by Crippen LogP contribution is 2.28. The van der Waals surface area contributed by atoms with E-state index in [1.165, 1.54) is 7.11 Å². The molecule has 0 radical (unpaired) electrons. The Kier molecular flexibility index (Phi) is 6.51. The third-order valence-electron chi connectivity index (χ3n) is 4.46. The van der Waals surface area contributed by atoms with Gasteiger partial charge in [-0.15, -0.1) is 0 Å². The summed E-state index contributed by atoms with van der Waals surface area (Å²) in [5.74, 6) is 0.799. The number of benzene rings is 1. The molecule has 1 aromatic carbocycles. The van der Waals surface area contributed by atoms with Gasteiger partial charge in [-0.2, -0.15) is 5.26 Å². The van der Waals surface area contributed by atoms with Gasteiger partial charge in [0.25, 0.3) is 0 Å². The number of nitrogens with zero attached hydrogens (tertiary/aromatic N) is 2. The molecule has 0 aromatic heterocycles. The maximum absolute atomic E-state index is 12.8. The molecular formula is C17H26N4O3S. The summed E-state index contributed by atoms with van der Waals surface area (Å²) in [6, 6.07) is 4.79. The lowest BCUT2D eigenvalue weighted by atomic mass is 10.1. The van der Waals surface area contributed by atoms with Gasteiger partial charge < -0.3 is 15.0 Å². The molecule has 1 aromatic rings. The van der Waals surface area contributed by atoms with Gasteiger partial charge in [0, 0.05) is 31.4 Å². The van der Waals surface area contributed by atoms with Gasteiger partial charge in [-0.05, 0) is 30.5 Å². The largest absolute Gasteiger partial charge is 0.495 e. The van der Waals surface area contributed by atoms with Crippen LogP contribution in [0.4, 0.5) is 5.69 Å². The Morgan fingerprint density at radius 2 is 2.24 bits per heavy atom. The molecule has 0 saturated carbocycles. The van der Waals surface area contributed by atoms with E-state index in [1.54, 1.807) is 17.0 Å². The van der Waals surface area contributed by atoms with Crippen LogP contribution in [-0.4, -0.2) is 46.1 Å². The summed E-state index contributed by atoms with van der Waals surface area (Å²) >= 11 is 0. The number of hydrogen-bond acceptors (Lipinski definition) is 6. The lowest BCUT2D eigenvalue weighted by Gasteiger charge is -2.17. The van der Waals surface area contributed by atoms with E-state index in [-0.39, 0.29) is 10.9 Å². The minimum Gasteiger partial charge on any atom is -0.495 e. The van der Waals surface area contributed by atoms with Gasteiger partial charge in [0.1, 0.15) is 10.6 Å². The van der Waals surface area contributed by atoms with E-state index in [0.717, 1.165) is 18.7 Å². The molecule has 2 rings (SSSR count). The van der Waals surface area contributed by atoms with Crippen LogP contribution in [0, 0.1) is 17.4 Å². The van der Waals surface area contributed by atoms with Crippen molar-refractivity contribution in [3.8, 4) is 11.9 Å². The highest BCUT2D eigenvalue weighted by Gasteiger charge is 2.28. The number of ether oxygens (including phenoxy) is 1. The lowest BCUT2D eigenvalue weighted by molar-refractivity contribution is 0.402. The van der Waals surface area contributed by atoms with Gasteiger partial charge in [-0.3, -0.25) is 0 Å². The van der Waals surface area contributed by atoms with Crippen LogP contribution in [0.15, 0.2) is 23.1 Å². The van der Waals surface area contributed by atoms with Crippen molar-refractivity contribution in [3.05, 3.63) is 18.2 Å². The summed E-state index contributed by atoms with van der Waals surface area (Å²) in [5, 5.41) is 12.2. The van der Waals surface area contributed by atoms with Crippen molar-refractivity contribution in [3.63, 3.8) is 0 Å². The van der Waals surface area contributed by atoms with Crippen molar-refractivity contribution in [1.29, 1.82) is 5.26 Å². The predicted octanol–water partition coefficient (Wildman–Crippen LogP) is 1.99. The molecule has 1 saturated heterocycles. The number of hydrogen-bond donors (Lipinski definition) is 2. The van der Waals surface area contributed by atoms with Gasteiger partial charge in [0.05, 0.1) is 7.11 Å². The number of nitrogens with one attached hydrogen (secondary N) is 2. The molecule has 0 amide bonds. The molecule has 2 N–H and O–H groups in total. The fourth-order valence-electron chi connectivity index (χ4n) is 2.66. The van der Waals surface area contributed by atoms with E-state index in [1.807, 2.05) is 12.3 Å². The Balaban J connectivity index is 2.18. The molecule has 2 atom stereocenters. The summed E-state index contributed by atoms with van der Waals surface area (Å²) in [5.41, 5.74) is 0.742. The van der Waals surface area contributed by atoms with Crippen molar-refractivity contribution in [2.45, 2.75) is 37.6 Å². The number of nitriles is 1. The third-order valence-corrected chi connectivity index (χ3v) is 6.00. The molecule has 138 valence electrons. The Morgan fingerprint density at radius 1 is 1.48 bits per heavy atom. The van der Waals surface area contributed by atoms with Crippen LogP contribution in [-0.2, 0) is 10.0 Å². The Bertz CT molecular complexity index is 730. The second kappa shape index (κ2) is 8.41. The van der Waals surface area contributed by atoms with E-state index in [9.17, 15) is 8.42 Å². The highest BCUT2D eigenvalue weighted by atomic mass is 32.2. The minimum absolute atomic E-state index is 0.111. The molecule has 8 heteroatoms. The van der Waals surface area contributed by atoms with Crippen LogP contribution in [0.2, 0.25) is 0 Å². The van der Waals surface area contributed by atoms with Crippen LogP contribution in [0.3, 0.4) is 0 Å². The van der Waals surface area contributed by atoms with Gasteiger partial charge in [0.2, 0.25) is 10.0 Å². The van der Waals surface area contributed by atoms with Crippen LogP contribution in [0.1, 0.15) is 26.7 Å². The molecular weight excluding hydrogens is 340 g/mol. The first-order valence-corrected chi connectivity index (χ1v) is 9.96. The first kappa shape index (κ1) is 19.3. The summed E-state index contributed by atoms with van der Waals surface area (Å²) in [6.45, 7) is 5.99. The second-order valence-corrected chi connectivity index (χ2v) is 8.10.